The average molecular weight is 209 g/mol. The van der Waals surface area contributed by atoms with Crippen LogP contribution in [-0.2, 0) is 4.74 Å². The number of phenolic OH excluding ortho intramolecular Hbond substituents is 1. The van der Waals surface area contributed by atoms with Crippen LogP contribution in [0.3, 0.4) is 0 Å². The van der Waals surface area contributed by atoms with Crippen LogP contribution in [0.5, 0.6) is 5.75 Å². The van der Waals surface area contributed by atoms with Crippen molar-refractivity contribution in [2.75, 3.05) is 12.8 Å². The molecule has 0 aliphatic carbocycles. The Morgan fingerprint density at radius 3 is 2.40 bits per heavy atom. The monoisotopic (exact) mass is 209 g/mol. The van der Waals surface area contributed by atoms with Gasteiger partial charge in [0.2, 0.25) is 0 Å². The number of anilines is 1. The van der Waals surface area contributed by atoms with Gasteiger partial charge in [-0.05, 0) is 13.0 Å². The third-order valence-corrected chi connectivity index (χ3v) is 1.95. The highest BCUT2D eigenvalue weighted by molar-refractivity contribution is 6.02. The molecule has 0 aromatic heterocycles. The van der Waals surface area contributed by atoms with Gasteiger partial charge in [0.1, 0.15) is 5.75 Å². The second-order valence-electron chi connectivity index (χ2n) is 3.00. The Kier molecular flexibility index (Phi) is 2.94. The van der Waals surface area contributed by atoms with Crippen molar-refractivity contribution in [3.8, 4) is 5.75 Å². The van der Waals surface area contributed by atoms with Crippen molar-refractivity contribution in [2.24, 2.45) is 0 Å². The van der Waals surface area contributed by atoms with Gasteiger partial charge in [-0.2, -0.15) is 0 Å². The lowest BCUT2D eigenvalue weighted by molar-refractivity contribution is 0.0602. The van der Waals surface area contributed by atoms with Crippen LogP contribution in [0.1, 0.15) is 27.6 Å². The molecule has 0 spiro atoms. The zero-order chi connectivity index (χ0) is 11.6. The number of hydrogen-bond acceptors (Lipinski definition) is 5. The van der Waals surface area contributed by atoms with Gasteiger partial charge in [0.25, 0.3) is 0 Å². The molecule has 0 aliphatic heterocycles. The number of ketones is 1. The molecule has 0 radical (unpaired) electrons. The summed E-state index contributed by atoms with van der Waals surface area (Å²) in [4.78, 5) is 22.3. The number of aromatic hydroxyl groups is 1. The molecule has 0 bridgehead atoms. The van der Waals surface area contributed by atoms with E-state index in [1.807, 2.05) is 0 Å². The molecule has 0 saturated heterocycles. The maximum Gasteiger partial charge on any atom is 0.339 e. The predicted molar refractivity (Wildman–Crippen MR) is 53.9 cm³/mol. The summed E-state index contributed by atoms with van der Waals surface area (Å²) >= 11 is 0. The number of carbonyl (C=O) groups is 2. The molecule has 0 fully saturated rings. The number of ether oxygens (including phenoxy) is 1. The van der Waals surface area contributed by atoms with Gasteiger partial charge >= 0.3 is 5.97 Å². The Morgan fingerprint density at radius 1 is 1.33 bits per heavy atom. The van der Waals surface area contributed by atoms with Crippen molar-refractivity contribution in [1.29, 1.82) is 0 Å². The zero-order valence-electron chi connectivity index (χ0n) is 8.40. The fourth-order valence-electron chi connectivity index (χ4n) is 1.17. The summed E-state index contributed by atoms with van der Waals surface area (Å²) in [7, 11) is 1.21. The van der Waals surface area contributed by atoms with Gasteiger partial charge in [-0.25, -0.2) is 4.79 Å². The molecule has 1 aromatic carbocycles. The molecule has 5 heteroatoms. The molecule has 0 unspecified atom stereocenters. The summed E-state index contributed by atoms with van der Waals surface area (Å²) in [6, 6.07) is 2.38. The molecule has 5 nitrogen and oxygen atoms in total. The minimum absolute atomic E-state index is 0.0459. The normalized spacial score (nSPS) is 9.73. The Labute approximate surface area is 86.5 Å². The van der Waals surface area contributed by atoms with Crippen LogP contribution in [0.4, 0.5) is 5.69 Å². The highest BCUT2D eigenvalue weighted by atomic mass is 16.5. The third-order valence-electron chi connectivity index (χ3n) is 1.95. The molecule has 15 heavy (non-hydrogen) atoms. The quantitative estimate of drug-likeness (QED) is 0.430. The largest absolute Gasteiger partial charge is 0.507 e. The molecular formula is C10H11NO4. The SMILES string of the molecule is COC(=O)c1cc(C(C)=O)c(O)cc1N. The fraction of sp³-hybridized carbons (Fsp3) is 0.200. The molecule has 0 amide bonds. The molecule has 0 heterocycles. The summed E-state index contributed by atoms with van der Waals surface area (Å²) in [5, 5.41) is 9.39. The van der Waals surface area contributed by atoms with Crippen LogP contribution >= 0.6 is 0 Å². The van der Waals surface area contributed by atoms with Crippen molar-refractivity contribution in [3.05, 3.63) is 23.3 Å². The highest BCUT2D eigenvalue weighted by Crippen LogP contribution is 2.25. The highest BCUT2D eigenvalue weighted by Gasteiger charge is 2.16. The maximum absolute atomic E-state index is 11.2. The predicted octanol–water partition coefficient (Wildman–Crippen LogP) is 0.964. The summed E-state index contributed by atoms with van der Waals surface area (Å²) in [6.07, 6.45) is 0. The lowest BCUT2D eigenvalue weighted by Crippen LogP contribution is -2.07. The van der Waals surface area contributed by atoms with Crippen molar-refractivity contribution in [3.63, 3.8) is 0 Å². The topological polar surface area (TPSA) is 89.6 Å². The number of carbonyl (C=O) groups excluding carboxylic acids is 2. The van der Waals surface area contributed by atoms with Crippen LogP contribution in [0.25, 0.3) is 0 Å². The molecule has 3 N–H and O–H groups in total. The standard InChI is InChI=1S/C10H11NO4/c1-5(12)6-3-7(10(14)15-2)8(11)4-9(6)13/h3-4,13H,11H2,1-2H3. The van der Waals surface area contributed by atoms with E-state index < -0.39 is 5.97 Å². The van der Waals surface area contributed by atoms with Crippen LogP contribution in [-0.4, -0.2) is 24.0 Å². The van der Waals surface area contributed by atoms with E-state index in [1.54, 1.807) is 0 Å². The van der Waals surface area contributed by atoms with Crippen LogP contribution in [0.2, 0.25) is 0 Å². The molecule has 1 rings (SSSR count). The number of benzene rings is 1. The van der Waals surface area contributed by atoms with Crippen LogP contribution in [0.15, 0.2) is 12.1 Å². The summed E-state index contributed by atoms with van der Waals surface area (Å²) in [5.74, 6) is -1.24. The van der Waals surface area contributed by atoms with E-state index in [2.05, 4.69) is 4.74 Å². The van der Waals surface area contributed by atoms with Crippen LogP contribution < -0.4 is 5.73 Å². The lowest BCUT2D eigenvalue weighted by atomic mass is 10.0. The number of hydrogen-bond donors (Lipinski definition) is 2. The number of phenols is 1. The summed E-state index contributed by atoms with van der Waals surface area (Å²) < 4.78 is 4.48. The van der Waals surface area contributed by atoms with E-state index in [0.29, 0.717) is 0 Å². The Bertz CT molecular complexity index is 426. The summed E-state index contributed by atoms with van der Waals surface area (Å²) in [5.41, 5.74) is 5.68. The van der Waals surface area contributed by atoms with Gasteiger partial charge < -0.3 is 15.6 Å². The Morgan fingerprint density at radius 2 is 1.93 bits per heavy atom. The molecule has 80 valence electrons. The smallest absolute Gasteiger partial charge is 0.339 e. The first-order valence-corrected chi connectivity index (χ1v) is 4.19. The number of Topliss-reactive ketones (excluding diaryl/α,β-unsaturated/α-hetero) is 1. The van der Waals surface area contributed by atoms with Crippen LogP contribution in [0, 0.1) is 0 Å². The fourth-order valence-corrected chi connectivity index (χ4v) is 1.17. The average Bonchev–Trinajstić information content (AvgIpc) is 2.16. The number of nitrogens with two attached hydrogens (primary N) is 1. The van der Waals surface area contributed by atoms with Gasteiger partial charge in [0.05, 0.1) is 18.2 Å². The molecule has 0 aliphatic rings. The van der Waals surface area contributed by atoms with Gasteiger partial charge in [-0.15, -0.1) is 0 Å². The minimum atomic E-state index is -0.644. The second-order valence-corrected chi connectivity index (χ2v) is 3.00. The van der Waals surface area contributed by atoms with Crippen molar-refractivity contribution in [1.82, 2.24) is 0 Å². The van der Waals surface area contributed by atoms with E-state index >= 15 is 0 Å². The summed E-state index contributed by atoms with van der Waals surface area (Å²) in [6.45, 7) is 1.28. The van der Waals surface area contributed by atoms with Gasteiger partial charge in [-0.3, -0.25) is 4.79 Å². The molecule has 0 atom stereocenters. The Balaban J connectivity index is 3.36. The number of esters is 1. The van der Waals surface area contributed by atoms with Gasteiger partial charge in [0, 0.05) is 11.8 Å². The van der Waals surface area contributed by atoms with Crippen molar-refractivity contribution < 1.29 is 19.4 Å². The zero-order valence-corrected chi connectivity index (χ0v) is 8.40. The number of methoxy groups -OCH3 is 1. The Hall–Kier alpha value is -2.04. The van der Waals surface area contributed by atoms with Crippen molar-refractivity contribution in [2.45, 2.75) is 6.92 Å². The van der Waals surface area contributed by atoms with Gasteiger partial charge in [0.15, 0.2) is 5.78 Å². The maximum atomic E-state index is 11.2. The van der Waals surface area contributed by atoms with Crippen molar-refractivity contribution >= 4 is 17.4 Å². The first kappa shape index (κ1) is 11.0. The third kappa shape index (κ3) is 2.07. The molecule has 1 aromatic rings. The van der Waals surface area contributed by atoms with E-state index in [0.717, 1.165) is 6.07 Å². The van der Waals surface area contributed by atoms with E-state index in [4.69, 9.17) is 5.73 Å². The number of nitrogen functional groups attached to an aromatic ring is 1. The lowest BCUT2D eigenvalue weighted by Gasteiger charge is -2.07. The first-order chi connectivity index (χ1) is 6.97. The van der Waals surface area contributed by atoms with Gasteiger partial charge in [-0.1, -0.05) is 0 Å². The molecule has 0 saturated carbocycles. The minimum Gasteiger partial charge on any atom is -0.507 e. The van der Waals surface area contributed by atoms with E-state index in [9.17, 15) is 14.7 Å². The molecular weight excluding hydrogens is 198 g/mol. The second kappa shape index (κ2) is 4.00. The number of rotatable bonds is 2. The van der Waals surface area contributed by atoms with E-state index in [-0.39, 0.29) is 28.3 Å². The first-order valence-electron chi connectivity index (χ1n) is 4.19. The van der Waals surface area contributed by atoms with E-state index in [1.165, 1.54) is 20.1 Å².